The van der Waals surface area contributed by atoms with Gasteiger partial charge in [-0.15, -0.1) is 0 Å². The third-order valence-corrected chi connectivity index (χ3v) is 7.08. The number of carbonyl (C=O) groups excluding carboxylic acids is 1. The van der Waals surface area contributed by atoms with Crippen LogP contribution < -0.4 is 5.73 Å². The summed E-state index contributed by atoms with van der Waals surface area (Å²) in [5.74, 6) is -0.468. The summed E-state index contributed by atoms with van der Waals surface area (Å²) in [6.07, 6.45) is 7.37. The predicted octanol–water partition coefficient (Wildman–Crippen LogP) is 0.198. The molecule has 2 unspecified atom stereocenters. The number of piperidine rings is 1. The molecule has 0 radical (unpaired) electrons. The molecule has 2 aliphatic carbocycles. The van der Waals surface area contributed by atoms with Gasteiger partial charge in [0.25, 0.3) is 0 Å². The van der Waals surface area contributed by atoms with Gasteiger partial charge in [-0.2, -0.15) is 0 Å². The lowest BCUT2D eigenvalue weighted by Gasteiger charge is -2.64. The molecule has 1 saturated heterocycles. The Morgan fingerprint density at radius 1 is 1.45 bits per heavy atom. The quantitative estimate of drug-likeness (QED) is 0.341. The van der Waals surface area contributed by atoms with Crippen molar-refractivity contribution in [2.75, 3.05) is 26.4 Å². The Kier molecular flexibility index (Phi) is 5.96. The lowest BCUT2D eigenvalue weighted by molar-refractivity contribution is -0.942. The third-order valence-electron chi connectivity index (χ3n) is 7.08. The van der Waals surface area contributed by atoms with E-state index in [9.17, 15) is 15.0 Å². The van der Waals surface area contributed by atoms with Crippen molar-refractivity contribution < 1.29 is 32.5 Å². The van der Waals surface area contributed by atoms with E-state index >= 15 is 0 Å². The monoisotopic (exact) mass is 450 g/mol. The zero-order valence-corrected chi connectivity index (χ0v) is 18.6. The zero-order chi connectivity index (χ0) is 23.2. The molecule has 4 rings (SSSR count). The van der Waals surface area contributed by atoms with Gasteiger partial charge in [-0.3, -0.25) is 4.79 Å². The molecular weight excluding hydrogens is 420 g/mol. The first-order valence-corrected chi connectivity index (χ1v) is 12.0. The van der Waals surface area contributed by atoms with Gasteiger partial charge in [-0.25, -0.2) is 8.42 Å². The molecule has 1 heterocycles. The molecule has 1 amide bonds. The zero-order valence-electron chi connectivity index (χ0n) is 17.8. The van der Waals surface area contributed by atoms with Gasteiger partial charge in [-0.1, -0.05) is 18.7 Å². The number of aliphatic hydroxyl groups excluding tert-OH is 1. The van der Waals surface area contributed by atoms with Gasteiger partial charge < -0.3 is 25.0 Å². The molecule has 8 nitrogen and oxygen atoms in total. The van der Waals surface area contributed by atoms with E-state index in [1.165, 1.54) is 0 Å². The van der Waals surface area contributed by atoms with Crippen LogP contribution in [0.4, 0.5) is 0 Å². The molecule has 5 atom stereocenters. The molecule has 0 spiro atoms. The van der Waals surface area contributed by atoms with Gasteiger partial charge in [-0.05, 0) is 41.8 Å². The molecule has 1 aromatic rings. The maximum absolute atomic E-state index is 12.0. The number of amides is 1. The average Bonchev–Trinajstić information content (AvgIpc) is 2.64. The lowest BCUT2D eigenvalue weighted by atomic mass is 9.50. The number of hydrogen-bond donors (Lipinski definition) is 3. The second kappa shape index (κ2) is 7.83. The maximum Gasteiger partial charge on any atom is 0.248 e. The number of fused-ring (bicyclic) bond motifs is 1. The highest BCUT2D eigenvalue weighted by Gasteiger charge is 2.67. The number of carbonyl (C=O) groups is 1. The Balaban J connectivity index is 0.000000491. The SMILES string of the molecule is C=CC[N+]1(C)CC[C@]23CC(O)C=C[C@@]2(O)[C@H]1Cc1ccc(C(N)=O)cc13.CS(=O)(=O)[O-]. The van der Waals surface area contributed by atoms with Crippen LogP contribution in [-0.4, -0.2) is 77.7 Å². The topological polar surface area (TPSA) is 141 Å². The van der Waals surface area contributed by atoms with Crippen LogP contribution in [0.1, 0.15) is 34.3 Å². The van der Waals surface area contributed by atoms with Gasteiger partial charge in [0.1, 0.15) is 11.6 Å². The summed E-state index contributed by atoms with van der Waals surface area (Å²) in [6.45, 7) is 5.59. The largest absolute Gasteiger partial charge is 0.748 e. The second-order valence-electron chi connectivity index (χ2n) is 9.12. The number of aliphatic hydroxyl groups is 2. The molecule has 170 valence electrons. The minimum atomic E-state index is -3.92. The first-order valence-electron chi connectivity index (χ1n) is 10.1. The van der Waals surface area contributed by atoms with Gasteiger partial charge in [0.2, 0.25) is 5.91 Å². The first-order chi connectivity index (χ1) is 14.3. The number of nitrogens with zero attached hydrogens (tertiary/aromatic N) is 1. The van der Waals surface area contributed by atoms with E-state index in [0.717, 1.165) is 41.5 Å². The van der Waals surface area contributed by atoms with Crippen LogP contribution in [0.25, 0.3) is 0 Å². The predicted molar refractivity (Wildman–Crippen MR) is 115 cm³/mol. The summed E-state index contributed by atoms with van der Waals surface area (Å²) < 4.78 is 28.0. The van der Waals surface area contributed by atoms with Crippen LogP contribution in [0, 0.1) is 0 Å². The highest BCUT2D eigenvalue weighted by atomic mass is 32.2. The van der Waals surface area contributed by atoms with E-state index in [1.807, 2.05) is 24.3 Å². The number of rotatable bonds is 3. The highest BCUT2D eigenvalue weighted by molar-refractivity contribution is 7.84. The molecule has 1 aliphatic heterocycles. The molecule has 0 saturated carbocycles. The summed E-state index contributed by atoms with van der Waals surface area (Å²) in [4.78, 5) is 11.7. The Labute approximate surface area is 183 Å². The summed E-state index contributed by atoms with van der Waals surface area (Å²) in [6, 6.07) is 5.56. The molecule has 0 aromatic heterocycles. The van der Waals surface area contributed by atoms with E-state index in [0.29, 0.717) is 18.2 Å². The van der Waals surface area contributed by atoms with Crippen molar-refractivity contribution in [1.82, 2.24) is 0 Å². The van der Waals surface area contributed by atoms with Gasteiger partial charge >= 0.3 is 0 Å². The Morgan fingerprint density at radius 3 is 2.68 bits per heavy atom. The fraction of sp³-hybridized carbons (Fsp3) is 0.500. The smallest absolute Gasteiger partial charge is 0.248 e. The molecule has 1 aromatic carbocycles. The van der Waals surface area contributed by atoms with Crippen LogP contribution in [0.3, 0.4) is 0 Å². The first kappa shape index (κ1) is 23.6. The van der Waals surface area contributed by atoms with Crippen LogP contribution in [0.2, 0.25) is 0 Å². The average molecular weight is 451 g/mol. The van der Waals surface area contributed by atoms with Crippen molar-refractivity contribution >= 4 is 16.0 Å². The number of quaternary nitrogens is 1. The maximum atomic E-state index is 12.0. The Hall–Kier alpha value is -2.04. The number of benzene rings is 1. The molecule has 3 aliphatic rings. The number of likely N-dealkylation sites (N-methyl/N-ethyl adjacent to an activating group) is 1. The van der Waals surface area contributed by atoms with Crippen LogP contribution in [0.5, 0.6) is 0 Å². The van der Waals surface area contributed by atoms with Gasteiger partial charge in [0, 0.05) is 30.1 Å². The molecule has 2 bridgehead atoms. The van der Waals surface area contributed by atoms with Crippen molar-refractivity contribution in [3.05, 3.63) is 59.7 Å². The van der Waals surface area contributed by atoms with Gasteiger partial charge in [0.05, 0.1) is 36.4 Å². The summed E-state index contributed by atoms with van der Waals surface area (Å²) in [5, 5.41) is 22.3. The van der Waals surface area contributed by atoms with Crippen molar-refractivity contribution in [3.8, 4) is 0 Å². The highest BCUT2D eigenvalue weighted by Crippen LogP contribution is 2.57. The van der Waals surface area contributed by atoms with E-state index in [-0.39, 0.29) is 6.04 Å². The molecule has 1 fully saturated rings. The fourth-order valence-electron chi connectivity index (χ4n) is 5.73. The van der Waals surface area contributed by atoms with Crippen molar-refractivity contribution in [1.29, 1.82) is 0 Å². The normalized spacial score (nSPS) is 35.8. The number of likely N-dealkylation sites (tertiary alicyclic amines) is 1. The van der Waals surface area contributed by atoms with Gasteiger partial charge in [0.15, 0.2) is 0 Å². The third kappa shape index (κ3) is 4.08. The standard InChI is InChI=1S/C21H26N2O3.CH4O3S/c1-3-9-23(2)10-8-20-13-16(24)6-7-21(20,26)18(23)12-14-4-5-15(19(22)25)11-17(14)20;1-5(2,3)4/h3-7,11,16,18,24,26H,1,8-10,12-13H2,2H3,(H-,22,25);1H3,(H,2,3,4)/t16?,18-,20-,21-,23?;/m1./s1. The van der Waals surface area contributed by atoms with E-state index < -0.39 is 33.1 Å². The van der Waals surface area contributed by atoms with Crippen molar-refractivity contribution in [2.45, 2.75) is 42.4 Å². The van der Waals surface area contributed by atoms with Crippen molar-refractivity contribution in [2.24, 2.45) is 5.73 Å². The molecule has 4 N–H and O–H groups in total. The fourth-order valence-corrected chi connectivity index (χ4v) is 5.73. The second-order valence-corrected chi connectivity index (χ2v) is 10.5. The summed E-state index contributed by atoms with van der Waals surface area (Å²) >= 11 is 0. The van der Waals surface area contributed by atoms with E-state index in [4.69, 9.17) is 18.7 Å². The molecule has 9 heteroatoms. The number of nitrogens with two attached hydrogens (primary N) is 1. The Morgan fingerprint density at radius 2 is 2.10 bits per heavy atom. The summed E-state index contributed by atoms with van der Waals surface area (Å²) in [7, 11) is -1.74. The molecule has 31 heavy (non-hydrogen) atoms. The minimum Gasteiger partial charge on any atom is -0.748 e. The lowest BCUT2D eigenvalue weighted by Crippen LogP contribution is -2.77. The van der Waals surface area contributed by atoms with Crippen molar-refractivity contribution in [3.63, 3.8) is 0 Å². The minimum absolute atomic E-state index is 0.0232. The molecular formula is C22H30N2O6S. The van der Waals surface area contributed by atoms with E-state index in [1.54, 1.807) is 12.1 Å². The van der Waals surface area contributed by atoms with E-state index in [2.05, 4.69) is 13.6 Å². The number of hydrogen-bond acceptors (Lipinski definition) is 6. The Bertz CT molecular complexity index is 1030. The van der Waals surface area contributed by atoms with Crippen LogP contribution in [0.15, 0.2) is 43.0 Å². The van der Waals surface area contributed by atoms with Crippen LogP contribution in [-0.2, 0) is 22.0 Å². The van der Waals surface area contributed by atoms with Crippen LogP contribution >= 0.6 is 0 Å². The summed E-state index contributed by atoms with van der Waals surface area (Å²) in [5.41, 5.74) is 6.41. The number of primary amides is 1.